The molecule has 2 heterocycles. The van der Waals surface area contributed by atoms with Crippen molar-refractivity contribution in [3.8, 4) is 11.3 Å². The minimum absolute atomic E-state index is 0.333. The van der Waals surface area contributed by atoms with Gasteiger partial charge in [0, 0.05) is 28.3 Å². The van der Waals surface area contributed by atoms with Gasteiger partial charge in [0.05, 0.1) is 17.1 Å². The highest BCUT2D eigenvalue weighted by atomic mass is 32.2. The van der Waals surface area contributed by atoms with Crippen molar-refractivity contribution < 1.29 is 8.63 Å². The Balaban J connectivity index is 1.99. The minimum atomic E-state index is -0.941. The third kappa shape index (κ3) is 3.29. The van der Waals surface area contributed by atoms with Crippen LogP contribution >= 0.6 is 0 Å². The van der Waals surface area contributed by atoms with Crippen LogP contribution in [0.2, 0.25) is 0 Å². The summed E-state index contributed by atoms with van der Waals surface area (Å²) < 4.78 is 18.4. The maximum absolute atomic E-state index is 12.8. The van der Waals surface area contributed by atoms with Crippen LogP contribution in [-0.4, -0.2) is 33.5 Å². The second-order valence-electron chi connectivity index (χ2n) is 6.46. The van der Waals surface area contributed by atoms with Crippen molar-refractivity contribution in [1.82, 2.24) is 4.90 Å². The van der Waals surface area contributed by atoms with Gasteiger partial charge in [-0.1, -0.05) is 19.1 Å². The van der Waals surface area contributed by atoms with Crippen LogP contribution in [0.5, 0.6) is 0 Å². The van der Waals surface area contributed by atoms with E-state index in [2.05, 4.69) is 31.7 Å². The van der Waals surface area contributed by atoms with Crippen LogP contribution in [0.4, 0.5) is 0 Å². The Kier molecular flexibility index (Phi) is 5.02. The van der Waals surface area contributed by atoms with Gasteiger partial charge in [0.15, 0.2) is 0 Å². The predicted octanol–water partition coefficient (Wildman–Crippen LogP) is 4.10. The molecule has 4 heteroatoms. The standard InChI is InChI=1S/C19H25NO2S/c1-4-10-20(14(2)3)15-12-17-16(18-8-6-11-22-18)7-5-9-19(17)23(21)13-15/h5-9,11,14-15H,4,10,12-13H2,1-3H3. The smallest absolute Gasteiger partial charge is 0.134 e. The highest BCUT2D eigenvalue weighted by molar-refractivity contribution is 7.85. The van der Waals surface area contributed by atoms with Gasteiger partial charge >= 0.3 is 0 Å². The fourth-order valence-electron chi connectivity index (χ4n) is 3.54. The lowest BCUT2D eigenvalue weighted by atomic mass is 9.97. The first kappa shape index (κ1) is 16.5. The zero-order chi connectivity index (χ0) is 16.4. The number of benzene rings is 1. The maximum atomic E-state index is 12.8. The highest BCUT2D eigenvalue weighted by Crippen LogP contribution is 2.34. The summed E-state index contributed by atoms with van der Waals surface area (Å²) in [4.78, 5) is 3.48. The van der Waals surface area contributed by atoms with Gasteiger partial charge in [-0.25, -0.2) is 0 Å². The van der Waals surface area contributed by atoms with Crippen LogP contribution in [0.3, 0.4) is 0 Å². The molecule has 1 aromatic heterocycles. The van der Waals surface area contributed by atoms with Crippen molar-refractivity contribution in [3.05, 3.63) is 42.2 Å². The van der Waals surface area contributed by atoms with Gasteiger partial charge in [-0.05, 0) is 57.0 Å². The second kappa shape index (κ2) is 7.02. The van der Waals surface area contributed by atoms with E-state index in [1.54, 1.807) is 6.26 Å². The number of hydrogen-bond donors (Lipinski definition) is 0. The molecular weight excluding hydrogens is 306 g/mol. The van der Waals surface area contributed by atoms with Crippen molar-refractivity contribution in [3.63, 3.8) is 0 Å². The average Bonchev–Trinajstić information content (AvgIpc) is 3.06. The molecule has 2 aromatic rings. The molecule has 124 valence electrons. The molecule has 1 aliphatic rings. The normalized spacial score (nSPS) is 20.9. The molecule has 0 saturated heterocycles. The molecule has 0 N–H and O–H groups in total. The van der Waals surface area contributed by atoms with Gasteiger partial charge < -0.3 is 4.42 Å². The van der Waals surface area contributed by atoms with E-state index in [0.717, 1.165) is 41.4 Å². The fourth-order valence-corrected chi connectivity index (χ4v) is 5.08. The quantitative estimate of drug-likeness (QED) is 0.827. The van der Waals surface area contributed by atoms with E-state index < -0.39 is 10.8 Å². The molecule has 0 radical (unpaired) electrons. The molecule has 0 saturated carbocycles. The van der Waals surface area contributed by atoms with Gasteiger partial charge in [0.1, 0.15) is 5.76 Å². The molecule has 3 nitrogen and oxygen atoms in total. The summed E-state index contributed by atoms with van der Waals surface area (Å²) in [6, 6.07) is 10.8. The van der Waals surface area contributed by atoms with Crippen LogP contribution < -0.4 is 0 Å². The molecule has 3 rings (SSSR count). The summed E-state index contributed by atoms with van der Waals surface area (Å²) in [6.07, 6.45) is 3.76. The van der Waals surface area contributed by atoms with Crippen molar-refractivity contribution >= 4 is 10.8 Å². The molecule has 1 aliphatic heterocycles. The monoisotopic (exact) mass is 331 g/mol. The summed E-state index contributed by atoms with van der Waals surface area (Å²) in [6.45, 7) is 7.72. The Hall–Kier alpha value is -1.39. The van der Waals surface area contributed by atoms with Crippen LogP contribution in [0, 0.1) is 0 Å². The number of nitrogens with zero attached hydrogens (tertiary/aromatic N) is 1. The van der Waals surface area contributed by atoms with Gasteiger partial charge in [-0.3, -0.25) is 9.11 Å². The van der Waals surface area contributed by atoms with Gasteiger partial charge in [-0.2, -0.15) is 0 Å². The Morgan fingerprint density at radius 2 is 2.13 bits per heavy atom. The van der Waals surface area contributed by atoms with Gasteiger partial charge in [0.2, 0.25) is 0 Å². The lowest BCUT2D eigenvalue weighted by Gasteiger charge is -2.37. The third-order valence-corrected chi connectivity index (χ3v) is 6.12. The molecule has 0 amide bonds. The molecule has 0 bridgehead atoms. The van der Waals surface area contributed by atoms with E-state index in [9.17, 15) is 4.21 Å². The SMILES string of the molecule is CCCN(C(C)C)C1Cc2c(-c3ccco3)cccc2S(=O)C1. The van der Waals surface area contributed by atoms with E-state index in [4.69, 9.17) is 4.42 Å². The first-order chi connectivity index (χ1) is 11.1. The highest BCUT2D eigenvalue weighted by Gasteiger charge is 2.31. The zero-order valence-electron chi connectivity index (χ0n) is 14.1. The van der Waals surface area contributed by atoms with Crippen molar-refractivity contribution in [1.29, 1.82) is 0 Å². The van der Waals surface area contributed by atoms with Crippen LogP contribution in [0.1, 0.15) is 32.8 Å². The second-order valence-corrected chi connectivity index (χ2v) is 7.93. The predicted molar refractivity (Wildman–Crippen MR) is 95.0 cm³/mol. The topological polar surface area (TPSA) is 33.5 Å². The van der Waals surface area contributed by atoms with E-state index >= 15 is 0 Å². The van der Waals surface area contributed by atoms with Crippen molar-refractivity contribution in [2.24, 2.45) is 0 Å². The van der Waals surface area contributed by atoms with Crippen LogP contribution in [0.15, 0.2) is 45.9 Å². The largest absolute Gasteiger partial charge is 0.464 e. The number of hydrogen-bond acceptors (Lipinski definition) is 3. The van der Waals surface area contributed by atoms with E-state index in [1.807, 2.05) is 24.3 Å². The third-order valence-electron chi connectivity index (χ3n) is 4.56. The summed E-state index contributed by atoms with van der Waals surface area (Å²) in [7, 11) is -0.941. The Morgan fingerprint density at radius 1 is 1.30 bits per heavy atom. The first-order valence-corrected chi connectivity index (χ1v) is 9.73. The number of rotatable bonds is 5. The molecule has 0 aliphatic carbocycles. The molecule has 0 spiro atoms. The minimum Gasteiger partial charge on any atom is -0.464 e. The molecular formula is C19H25NO2S. The zero-order valence-corrected chi connectivity index (χ0v) is 14.9. The maximum Gasteiger partial charge on any atom is 0.134 e. The van der Waals surface area contributed by atoms with E-state index in [1.165, 1.54) is 5.56 Å². The van der Waals surface area contributed by atoms with Gasteiger partial charge in [0.25, 0.3) is 0 Å². The Morgan fingerprint density at radius 3 is 2.78 bits per heavy atom. The van der Waals surface area contributed by atoms with Crippen molar-refractivity contribution in [2.45, 2.75) is 50.6 Å². The number of furan rings is 1. The fraction of sp³-hybridized carbons (Fsp3) is 0.474. The lowest BCUT2D eigenvalue weighted by molar-refractivity contribution is 0.163. The summed E-state index contributed by atoms with van der Waals surface area (Å²) in [5, 5.41) is 0. The van der Waals surface area contributed by atoms with Crippen molar-refractivity contribution in [2.75, 3.05) is 12.3 Å². The molecule has 0 fully saturated rings. The van der Waals surface area contributed by atoms with E-state index in [0.29, 0.717) is 12.1 Å². The Labute approximate surface area is 141 Å². The summed E-state index contributed by atoms with van der Waals surface area (Å²) >= 11 is 0. The van der Waals surface area contributed by atoms with Crippen LogP contribution in [-0.2, 0) is 17.2 Å². The molecule has 2 atom stereocenters. The lowest BCUT2D eigenvalue weighted by Crippen LogP contribution is -2.47. The number of fused-ring (bicyclic) bond motifs is 1. The van der Waals surface area contributed by atoms with E-state index in [-0.39, 0.29) is 0 Å². The average molecular weight is 331 g/mol. The van der Waals surface area contributed by atoms with Gasteiger partial charge in [-0.15, -0.1) is 0 Å². The Bertz CT molecular complexity index is 679. The molecule has 1 aromatic carbocycles. The molecule has 23 heavy (non-hydrogen) atoms. The van der Waals surface area contributed by atoms with Crippen LogP contribution in [0.25, 0.3) is 11.3 Å². The summed E-state index contributed by atoms with van der Waals surface area (Å²) in [5.74, 6) is 1.60. The first-order valence-electron chi connectivity index (χ1n) is 8.41. The summed E-state index contributed by atoms with van der Waals surface area (Å²) in [5.41, 5.74) is 2.28. The molecule has 2 unspecified atom stereocenters.